The lowest BCUT2D eigenvalue weighted by atomic mass is 9.80. The Morgan fingerprint density at radius 3 is 2.55 bits per heavy atom. The number of anilines is 1. The summed E-state index contributed by atoms with van der Waals surface area (Å²) in [5, 5.41) is 10.6. The average Bonchev–Trinajstić information content (AvgIpc) is 2.47. The highest BCUT2D eigenvalue weighted by Gasteiger charge is 2.38. The first-order valence-electron chi connectivity index (χ1n) is 6.40. The van der Waals surface area contributed by atoms with E-state index in [1.165, 1.54) is 19.4 Å². The van der Waals surface area contributed by atoms with Gasteiger partial charge in [0.05, 0.1) is 17.4 Å². The minimum Gasteiger partial charge on any atom is -0.469 e. The van der Waals surface area contributed by atoms with Crippen molar-refractivity contribution in [3.63, 3.8) is 0 Å². The highest BCUT2D eigenvalue weighted by Crippen LogP contribution is 2.33. The van der Waals surface area contributed by atoms with Crippen molar-refractivity contribution >= 4 is 17.5 Å². The SMILES string of the molecule is COC(=O)C1(C)CCN(c2ccc([N+](=O)[O-])cn2)CC1. The molecule has 0 saturated carbocycles. The molecule has 1 aromatic heterocycles. The summed E-state index contributed by atoms with van der Waals surface area (Å²) in [5.41, 5.74) is -0.475. The minimum atomic E-state index is -0.471. The van der Waals surface area contributed by atoms with Gasteiger partial charge in [-0.15, -0.1) is 0 Å². The second-order valence-corrected chi connectivity index (χ2v) is 5.17. The van der Waals surface area contributed by atoms with Crippen molar-refractivity contribution in [3.05, 3.63) is 28.4 Å². The second-order valence-electron chi connectivity index (χ2n) is 5.17. The summed E-state index contributed by atoms with van der Waals surface area (Å²) >= 11 is 0. The highest BCUT2D eigenvalue weighted by atomic mass is 16.6. The lowest BCUT2D eigenvalue weighted by molar-refractivity contribution is -0.385. The molecular weight excluding hydrogens is 262 g/mol. The van der Waals surface area contributed by atoms with E-state index in [-0.39, 0.29) is 11.7 Å². The quantitative estimate of drug-likeness (QED) is 0.476. The third-order valence-electron chi connectivity index (χ3n) is 3.81. The Morgan fingerprint density at radius 1 is 1.45 bits per heavy atom. The summed E-state index contributed by atoms with van der Waals surface area (Å²) in [6.07, 6.45) is 2.61. The third-order valence-corrected chi connectivity index (χ3v) is 3.81. The maximum atomic E-state index is 11.7. The van der Waals surface area contributed by atoms with Crippen LogP contribution in [0.3, 0.4) is 0 Å². The van der Waals surface area contributed by atoms with Crippen LogP contribution in [0.25, 0.3) is 0 Å². The highest BCUT2D eigenvalue weighted by molar-refractivity contribution is 5.76. The number of carbonyl (C=O) groups excluding carboxylic acids is 1. The number of ether oxygens (including phenoxy) is 1. The van der Waals surface area contributed by atoms with Crippen molar-refractivity contribution in [2.24, 2.45) is 5.41 Å². The maximum absolute atomic E-state index is 11.7. The lowest BCUT2D eigenvalue weighted by Crippen LogP contribution is -2.43. The van der Waals surface area contributed by atoms with Gasteiger partial charge in [0.15, 0.2) is 0 Å². The van der Waals surface area contributed by atoms with Gasteiger partial charge in [0.25, 0.3) is 5.69 Å². The molecule has 0 aromatic carbocycles. The van der Waals surface area contributed by atoms with Crippen LogP contribution >= 0.6 is 0 Å². The Balaban J connectivity index is 2.03. The van der Waals surface area contributed by atoms with Gasteiger partial charge in [-0.05, 0) is 25.8 Å². The largest absolute Gasteiger partial charge is 0.469 e. The topological polar surface area (TPSA) is 85.6 Å². The van der Waals surface area contributed by atoms with Crippen LogP contribution in [-0.4, -0.2) is 36.1 Å². The summed E-state index contributed by atoms with van der Waals surface area (Å²) in [6, 6.07) is 3.08. The molecule has 1 aromatic rings. The molecule has 7 nitrogen and oxygen atoms in total. The van der Waals surface area contributed by atoms with Gasteiger partial charge in [-0.25, -0.2) is 4.98 Å². The monoisotopic (exact) mass is 279 g/mol. The molecule has 2 rings (SSSR count). The Bertz CT molecular complexity index is 507. The van der Waals surface area contributed by atoms with Crippen molar-refractivity contribution in [1.29, 1.82) is 0 Å². The van der Waals surface area contributed by atoms with Crippen molar-refractivity contribution in [2.45, 2.75) is 19.8 Å². The number of methoxy groups -OCH3 is 1. The van der Waals surface area contributed by atoms with E-state index in [0.717, 1.165) is 0 Å². The summed E-state index contributed by atoms with van der Waals surface area (Å²) in [5.74, 6) is 0.510. The van der Waals surface area contributed by atoms with Gasteiger partial charge in [-0.2, -0.15) is 0 Å². The molecule has 0 spiro atoms. The molecule has 1 saturated heterocycles. The van der Waals surface area contributed by atoms with Gasteiger partial charge in [0, 0.05) is 19.2 Å². The Morgan fingerprint density at radius 2 is 2.10 bits per heavy atom. The molecule has 20 heavy (non-hydrogen) atoms. The zero-order valence-electron chi connectivity index (χ0n) is 11.5. The van der Waals surface area contributed by atoms with Crippen LogP contribution in [-0.2, 0) is 9.53 Å². The number of aromatic nitrogens is 1. The first kappa shape index (κ1) is 14.2. The van der Waals surface area contributed by atoms with Gasteiger partial charge in [-0.3, -0.25) is 14.9 Å². The van der Waals surface area contributed by atoms with Crippen molar-refractivity contribution in [3.8, 4) is 0 Å². The Kier molecular flexibility index (Phi) is 3.87. The van der Waals surface area contributed by atoms with Crippen molar-refractivity contribution < 1.29 is 14.5 Å². The number of carbonyl (C=O) groups is 1. The van der Waals surface area contributed by atoms with Crippen LogP contribution in [0.15, 0.2) is 18.3 Å². The summed E-state index contributed by atoms with van der Waals surface area (Å²) in [7, 11) is 1.40. The number of rotatable bonds is 3. The van der Waals surface area contributed by atoms with E-state index in [4.69, 9.17) is 4.74 Å². The molecule has 0 bridgehead atoms. The van der Waals surface area contributed by atoms with Crippen LogP contribution in [0.2, 0.25) is 0 Å². The van der Waals surface area contributed by atoms with Crippen LogP contribution in [0.4, 0.5) is 11.5 Å². The predicted molar refractivity (Wildman–Crippen MR) is 72.5 cm³/mol. The zero-order chi connectivity index (χ0) is 14.8. The fraction of sp³-hybridized carbons (Fsp3) is 0.538. The molecule has 7 heteroatoms. The number of nitro groups is 1. The number of piperidine rings is 1. The molecular formula is C13H17N3O4. The molecule has 1 aliphatic rings. The molecule has 0 radical (unpaired) electrons. The zero-order valence-corrected chi connectivity index (χ0v) is 11.5. The predicted octanol–water partition coefficient (Wildman–Crippen LogP) is 1.77. The van der Waals surface area contributed by atoms with Crippen LogP contribution in [0, 0.1) is 15.5 Å². The van der Waals surface area contributed by atoms with E-state index in [2.05, 4.69) is 4.98 Å². The second kappa shape index (κ2) is 5.44. The first-order valence-corrected chi connectivity index (χ1v) is 6.40. The molecule has 0 unspecified atom stereocenters. The number of hydrogen-bond acceptors (Lipinski definition) is 6. The van der Waals surface area contributed by atoms with E-state index in [9.17, 15) is 14.9 Å². The third kappa shape index (κ3) is 2.71. The summed E-state index contributed by atoms with van der Waals surface area (Å²) < 4.78 is 4.83. The normalized spacial score (nSPS) is 17.6. The van der Waals surface area contributed by atoms with Crippen molar-refractivity contribution in [1.82, 2.24) is 4.98 Å². The first-order chi connectivity index (χ1) is 9.46. The van der Waals surface area contributed by atoms with Gasteiger partial charge < -0.3 is 9.64 Å². The molecule has 0 aliphatic carbocycles. The van der Waals surface area contributed by atoms with Crippen LogP contribution < -0.4 is 4.90 Å². The maximum Gasteiger partial charge on any atom is 0.311 e. The van der Waals surface area contributed by atoms with E-state index in [1.807, 2.05) is 11.8 Å². The number of pyridine rings is 1. The molecule has 0 N–H and O–H groups in total. The number of nitrogens with zero attached hydrogens (tertiary/aromatic N) is 3. The Labute approximate surface area is 116 Å². The van der Waals surface area contributed by atoms with E-state index < -0.39 is 10.3 Å². The van der Waals surface area contributed by atoms with E-state index in [0.29, 0.717) is 31.7 Å². The van der Waals surface area contributed by atoms with Crippen LogP contribution in [0.5, 0.6) is 0 Å². The smallest absolute Gasteiger partial charge is 0.311 e. The van der Waals surface area contributed by atoms with Gasteiger partial charge in [-0.1, -0.05) is 0 Å². The molecule has 0 amide bonds. The molecule has 108 valence electrons. The molecule has 1 fully saturated rings. The summed E-state index contributed by atoms with van der Waals surface area (Å²) in [4.78, 5) is 28.0. The van der Waals surface area contributed by atoms with E-state index >= 15 is 0 Å². The standard InChI is InChI=1S/C13H17N3O4/c1-13(12(17)20-2)5-7-15(8-6-13)11-4-3-10(9-14-11)16(18)19/h3-4,9H,5-8H2,1-2H3. The minimum absolute atomic E-state index is 0.0230. The number of hydrogen-bond donors (Lipinski definition) is 0. The average molecular weight is 279 g/mol. The van der Waals surface area contributed by atoms with E-state index in [1.54, 1.807) is 6.07 Å². The van der Waals surface area contributed by atoms with Gasteiger partial charge in [0.2, 0.25) is 0 Å². The Hall–Kier alpha value is -2.18. The molecule has 0 atom stereocenters. The molecule has 1 aliphatic heterocycles. The fourth-order valence-corrected chi connectivity index (χ4v) is 2.35. The lowest BCUT2D eigenvalue weighted by Gasteiger charge is -2.37. The number of esters is 1. The van der Waals surface area contributed by atoms with Gasteiger partial charge >= 0.3 is 5.97 Å². The summed E-state index contributed by atoms with van der Waals surface area (Å²) in [6.45, 7) is 3.26. The molecule has 2 heterocycles. The van der Waals surface area contributed by atoms with Crippen molar-refractivity contribution in [2.75, 3.05) is 25.1 Å². The fourth-order valence-electron chi connectivity index (χ4n) is 2.35. The van der Waals surface area contributed by atoms with Gasteiger partial charge in [0.1, 0.15) is 12.0 Å². The van der Waals surface area contributed by atoms with Crippen LogP contribution in [0.1, 0.15) is 19.8 Å².